The van der Waals surface area contributed by atoms with Crippen LogP contribution in [0.2, 0.25) is 0 Å². The number of rotatable bonds is 2. The first-order chi connectivity index (χ1) is 4.58. The van der Waals surface area contributed by atoms with Gasteiger partial charge in [0.2, 0.25) is 5.13 Å². The zero-order valence-corrected chi connectivity index (χ0v) is 6.18. The minimum absolute atomic E-state index is 0. The SMILES string of the molecule is O=S(=O)(O)Nc1ncns1.[NaH]. The molecular weight excluding hydrogens is 201 g/mol. The van der Waals surface area contributed by atoms with Gasteiger partial charge in [-0.2, -0.15) is 12.8 Å². The van der Waals surface area contributed by atoms with Crippen LogP contribution in [0.1, 0.15) is 0 Å². The number of hydrogen-bond acceptors (Lipinski definition) is 5. The van der Waals surface area contributed by atoms with Gasteiger partial charge in [-0.15, -0.1) is 0 Å². The van der Waals surface area contributed by atoms with Gasteiger partial charge in [0.25, 0.3) is 0 Å². The standard InChI is InChI=1S/C2H3N3O3S2.Na.H/c6-10(7,8)5-2-3-1-4-9-2;;/h1H,(H,3,4,5)(H,6,7,8);;. The van der Waals surface area contributed by atoms with Crippen LogP contribution >= 0.6 is 11.5 Å². The first kappa shape index (κ1) is 11.3. The van der Waals surface area contributed by atoms with Crippen molar-refractivity contribution < 1.29 is 13.0 Å². The van der Waals surface area contributed by atoms with E-state index in [1.807, 2.05) is 0 Å². The summed E-state index contributed by atoms with van der Waals surface area (Å²) in [5, 5.41) is 0.0440. The van der Waals surface area contributed by atoms with Gasteiger partial charge in [-0.1, -0.05) is 0 Å². The van der Waals surface area contributed by atoms with Crippen molar-refractivity contribution in [2.45, 2.75) is 0 Å². The van der Waals surface area contributed by atoms with E-state index in [4.69, 9.17) is 4.55 Å². The van der Waals surface area contributed by atoms with Crippen LogP contribution in [0.5, 0.6) is 0 Å². The number of nitrogens with zero attached hydrogens (tertiary/aromatic N) is 2. The van der Waals surface area contributed by atoms with Gasteiger partial charge in [0.05, 0.1) is 0 Å². The van der Waals surface area contributed by atoms with Gasteiger partial charge >= 0.3 is 39.9 Å². The molecule has 0 amide bonds. The van der Waals surface area contributed by atoms with E-state index in [0.717, 1.165) is 11.5 Å². The van der Waals surface area contributed by atoms with Crippen molar-refractivity contribution in [2.75, 3.05) is 4.72 Å². The molecular formula is C2H4N3NaO3S2. The molecule has 0 atom stereocenters. The first-order valence-electron chi connectivity index (χ1n) is 2.10. The van der Waals surface area contributed by atoms with Crippen LogP contribution in [-0.4, -0.2) is 51.9 Å². The molecule has 0 radical (unpaired) electrons. The normalized spacial score (nSPS) is 10.3. The Hall–Kier alpha value is 0.270. The Morgan fingerprint density at radius 3 is 2.64 bits per heavy atom. The van der Waals surface area contributed by atoms with Crippen molar-refractivity contribution >= 4 is 56.5 Å². The fourth-order valence-electron chi connectivity index (χ4n) is 0.328. The van der Waals surface area contributed by atoms with Crippen LogP contribution in [-0.2, 0) is 10.3 Å². The first-order valence-corrected chi connectivity index (χ1v) is 4.31. The van der Waals surface area contributed by atoms with Crippen LogP contribution in [0.3, 0.4) is 0 Å². The third-order valence-corrected chi connectivity index (χ3v) is 1.74. The van der Waals surface area contributed by atoms with Crippen molar-refractivity contribution in [1.29, 1.82) is 0 Å². The van der Waals surface area contributed by atoms with E-state index in [0.29, 0.717) is 0 Å². The number of aromatic nitrogens is 2. The minimum atomic E-state index is -4.19. The van der Waals surface area contributed by atoms with Gasteiger partial charge in [0.15, 0.2) is 0 Å². The molecule has 0 saturated carbocycles. The fraction of sp³-hybridized carbons (Fsp3) is 0. The Morgan fingerprint density at radius 2 is 2.27 bits per heavy atom. The summed E-state index contributed by atoms with van der Waals surface area (Å²) in [7, 11) is -4.19. The molecule has 0 unspecified atom stereocenters. The summed E-state index contributed by atoms with van der Waals surface area (Å²) >= 11 is 0.838. The van der Waals surface area contributed by atoms with Gasteiger partial charge in [0, 0.05) is 11.5 Å². The van der Waals surface area contributed by atoms with E-state index in [1.165, 1.54) is 6.33 Å². The van der Waals surface area contributed by atoms with Crippen LogP contribution in [0, 0.1) is 0 Å². The summed E-state index contributed by atoms with van der Waals surface area (Å²) in [6, 6.07) is 0. The molecule has 0 aliphatic carbocycles. The molecule has 1 heterocycles. The van der Waals surface area contributed by atoms with Gasteiger partial charge in [-0.3, -0.25) is 4.55 Å². The number of hydrogen-bond donors (Lipinski definition) is 2. The molecule has 1 aromatic rings. The second-order valence-corrected chi connectivity index (χ2v) is 3.26. The zero-order valence-electron chi connectivity index (χ0n) is 4.55. The molecule has 0 spiro atoms. The third-order valence-electron chi connectivity index (χ3n) is 0.578. The number of anilines is 1. The Bertz CT molecular complexity index is 294. The second kappa shape index (κ2) is 4.33. The summed E-state index contributed by atoms with van der Waals surface area (Å²) in [5.74, 6) is 0. The van der Waals surface area contributed by atoms with Crippen molar-refractivity contribution in [3.63, 3.8) is 0 Å². The van der Waals surface area contributed by atoms with Crippen LogP contribution in [0.15, 0.2) is 6.33 Å². The molecule has 0 aliphatic heterocycles. The Morgan fingerprint density at radius 1 is 1.64 bits per heavy atom. The molecule has 11 heavy (non-hydrogen) atoms. The Balaban J connectivity index is 0.000001000. The molecule has 6 nitrogen and oxygen atoms in total. The zero-order chi connectivity index (χ0) is 7.61. The molecule has 9 heteroatoms. The predicted octanol–water partition coefficient (Wildman–Crippen LogP) is -0.896. The number of nitrogens with one attached hydrogen (secondary N) is 1. The van der Waals surface area contributed by atoms with Crippen LogP contribution < -0.4 is 4.72 Å². The van der Waals surface area contributed by atoms with E-state index in [9.17, 15) is 8.42 Å². The van der Waals surface area contributed by atoms with Crippen molar-refractivity contribution in [3.05, 3.63) is 6.33 Å². The summed E-state index contributed by atoms with van der Waals surface area (Å²) in [6.45, 7) is 0. The topological polar surface area (TPSA) is 92.2 Å². The Labute approximate surface area is 89.4 Å². The monoisotopic (exact) mass is 205 g/mol. The van der Waals surface area contributed by atoms with E-state index in [-0.39, 0.29) is 34.7 Å². The molecule has 0 saturated heterocycles. The van der Waals surface area contributed by atoms with Crippen molar-refractivity contribution in [1.82, 2.24) is 9.36 Å². The summed E-state index contributed by atoms with van der Waals surface area (Å²) < 4.78 is 33.6. The van der Waals surface area contributed by atoms with Gasteiger partial charge in [-0.05, 0) is 0 Å². The van der Waals surface area contributed by atoms with Crippen molar-refractivity contribution in [3.8, 4) is 0 Å². The summed E-state index contributed by atoms with van der Waals surface area (Å²) in [4.78, 5) is 3.46. The maximum atomic E-state index is 10.1. The third kappa shape index (κ3) is 4.67. The molecule has 0 aromatic carbocycles. The second-order valence-electron chi connectivity index (χ2n) is 1.32. The summed E-state index contributed by atoms with van der Waals surface area (Å²) in [6.07, 6.45) is 1.18. The van der Waals surface area contributed by atoms with Gasteiger partial charge in [-0.25, -0.2) is 9.71 Å². The molecule has 0 bridgehead atoms. The molecule has 0 aliphatic rings. The molecule has 1 rings (SSSR count). The molecule has 58 valence electrons. The summed E-state index contributed by atoms with van der Waals surface area (Å²) in [5.41, 5.74) is 0. The van der Waals surface area contributed by atoms with E-state index >= 15 is 0 Å². The van der Waals surface area contributed by atoms with Gasteiger partial charge in [0.1, 0.15) is 6.33 Å². The average Bonchev–Trinajstić information content (AvgIpc) is 2.12. The van der Waals surface area contributed by atoms with E-state index in [1.54, 1.807) is 4.72 Å². The average molecular weight is 205 g/mol. The van der Waals surface area contributed by atoms with Gasteiger partial charge < -0.3 is 0 Å². The maximum absolute atomic E-state index is 10.1. The molecule has 2 N–H and O–H groups in total. The Kier molecular flexibility index (Phi) is 4.44. The van der Waals surface area contributed by atoms with Crippen LogP contribution in [0.4, 0.5) is 5.13 Å². The van der Waals surface area contributed by atoms with E-state index < -0.39 is 10.3 Å². The predicted molar refractivity (Wildman–Crippen MR) is 42.2 cm³/mol. The van der Waals surface area contributed by atoms with E-state index in [2.05, 4.69) is 9.36 Å². The molecule has 0 fully saturated rings. The quantitative estimate of drug-likeness (QED) is 0.482. The van der Waals surface area contributed by atoms with Crippen molar-refractivity contribution in [2.24, 2.45) is 0 Å². The molecule has 1 aromatic heterocycles. The van der Waals surface area contributed by atoms with Crippen LogP contribution in [0.25, 0.3) is 0 Å². The fourth-order valence-corrected chi connectivity index (χ4v) is 1.36.